The van der Waals surface area contributed by atoms with Crippen LogP contribution >= 0.6 is 11.6 Å². The Hall–Kier alpha value is -3.43. The highest BCUT2D eigenvalue weighted by Crippen LogP contribution is 2.32. The Balaban J connectivity index is 1.29. The summed E-state index contributed by atoms with van der Waals surface area (Å²) in [5, 5.41) is 6.84. The molecular weight excluding hydrogens is 506 g/mol. The van der Waals surface area contributed by atoms with Crippen LogP contribution in [0, 0.1) is 5.92 Å². The average Bonchev–Trinajstić information content (AvgIpc) is 3.49. The first-order valence-corrected chi connectivity index (χ1v) is 13.5. The van der Waals surface area contributed by atoms with Crippen LogP contribution in [-0.2, 0) is 16.0 Å². The van der Waals surface area contributed by atoms with Crippen LogP contribution < -0.4 is 10.3 Å². The third kappa shape index (κ3) is 5.13. The lowest BCUT2D eigenvalue weighted by atomic mass is 10.1. The van der Waals surface area contributed by atoms with Gasteiger partial charge in [0, 0.05) is 37.2 Å². The van der Waals surface area contributed by atoms with Gasteiger partial charge >= 0.3 is 5.97 Å². The third-order valence-corrected chi connectivity index (χ3v) is 7.53. The molecule has 10 heteroatoms. The van der Waals surface area contributed by atoms with Crippen LogP contribution in [0.2, 0.25) is 5.02 Å². The molecule has 1 aliphatic heterocycles. The molecule has 0 amide bonds. The van der Waals surface area contributed by atoms with Gasteiger partial charge in [-0.3, -0.25) is 14.5 Å². The van der Waals surface area contributed by atoms with Crippen molar-refractivity contribution in [3.8, 4) is 5.75 Å². The van der Waals surface area contributed by atoms with Crippen LogP contribution in [-0.4, -0.2) is 62.9 Å². The van der Waals surface area contributed by atoms with Gasteiger partial charge in [0.05, 0.1) is 53.8 Å². The molecule has 1 saturated carbocycles. The van der Waals surface area contributed by atoms with E-state index in [2.05, 4.69) is 0 Å². The van der Waals surface area contributed by atoms with Crippen LogP contribution in [0.15, 0.2) is 47.5 Å². The van der Waals surface area contributed by atoms with Crippen molar-refractivity contribution in [3.05, 3.63) is 69.5 Å². The van der Waals surface area contributed by atoms with E-state index in [1.165, 1.54) is 12.8 Å². The number of ether oxygens (including phenoxy) is 2. The molecule has 0 radical (unpaired) electrons. The number of pyridine rings is 1. The van der Waals surface area contributed by atoms with Crippen LogP contribution in [0.25, 0.3) is 16.4 Å². The molecule has 198 valence electrons. The Labute approximate surface area is 224 Å². The third-order valence-electron chi connectivity index (χ3n) is 7.23. The largest absolute Gasteiger partial charge is 0.490 e. The van der Waals surface area contributed by atoms with Gasteiger partial charge in [0.2, 0.25) is 0 Å². The normalized spacial score (nSPS) is 17.9. The number of halogens is 1. The summed E-state index contributed by atoms with van der Waals surface area (Å²) >= 11 is 6.46. The Morgan fingerprint density at radius 3 is 2.76 bits per heavy atom. The molecule has 9 nitrogen and oxygen atoms in total. The number of rotatable bonds is 9. The molecule has 1 aliphatic carbocycles. The van der Waals surface area contributed by atoms with E-state index < -0.39 is 0 Å². The number of fused-ring (bicyclic) bond motifs is 2. The molecule has 0 spiro atoms. The fraction of sp³-hybridized carbons (Fsp3) is 0.429. The lowest BCUT2D eigenvalue weighted by Crippen LogP contribution is -2.33. The van der Waals surface area contributed by atoms with Crippen molar-refractivity contribution in [2.24, 2.45) is 5.92 Å². The molecule has 3 aromatic heterocycles. The smallest absolute Gasteiger partial charge is 0.320 e. The molecule has 1 unspecified atom stereocenters. The summed E-state index contributed by atoms with van der Waals surface area (Å²) in [6.45, 7) is 4.33. The minimum Gasteiger partial charge on any atom is -0.490 e. The summed E-state index contributed by atoms with van der Waals surface area (Å²) in [5.41, 5.74) is 2.21. The average molecular weight is 536 g/mol. The van der Waals surface area contributed by atoms with Crippen molar-refractivity contribution < 1.29 is 14.3 Å². The quantitative estimate of drug-likeness (QED) is 0.300. The fourth-order valence-corrected chi connectivity index (χ4v) is 5.30. The number of hydrogen-bond acceptors (Lipinski definition) is 7. The molecule has 2 fully saturated rings. The van der Waals surface area contributed by atoms with E-state index in [1.807, 2.05) is 52.0 Å². The van der Waals surface area contributed by atoms with Crippen molar-refractivity contribution in [3.63, 3.8) is 0 Å². The summed E-state index contributed by atoms with van der Waals surface area (Å²) < 4.78 is 14.5. The predicted molar refractivity (Wildman–Crippen MR) is 144 cm³/mol. The van der Waals surface area contributed by atoms with Crippen LogP contribution in [0.5, 0.6) is 5.75 Å². The monoisotopic (exact) mass is 535 g/mol. The number of esters is 1. The molecule has 4 aromatic rings. The predicted octanol–water partition coefficient (Wildman–Crippen LogP) is 3.89. The number of imidazole rings is 1. The molecule has 1 aromatic carbocycles. The number of carbonyl (C=O) groups excluding carboxylic acids is 1. The second-order valence-corrected chi connectivity index (χ2v) is 10.5. The van der Waals surface area contributed by atoms with E-state index >= 15 is 0 Å². The summed E-state index contributed by atoms with van der Waals surface area (Å²) in [5.74, 6) is 1.04. The maximum atomic E-state index is 13.4. The standard InChI is InChI=1S/C28H30ClN5O4/c1-2-37-27(35)16-32-10-9-20(14-32)34-28(36)22-6-4-3-5-21(22)24(31-34)11-19-13-33-15-25(38-17-18-7-8-18)23(29)12-26(33)30-19/h3-6,12-13,15,18,20H,2,7-11,14,16-17H2,1H3. The second-order valence-electron chi connectivity index (χ2n) is 10.1. The minimum absolute atomic E-state index is 0.119. The van der Waals surface area contributed by atoms with Gasteiger partial charge in [0.25, 0.3) is 5.56 Å². The second kappa shape index (κ2) is 10.4. The van der Waals surface area contributed by atoms with Crippen molar-refractivity contribution in [1.29, 1.82) is 0 Å². The number of nitrogens with zero attached hydrogens (tertiary/aromatic N) is 5. The highest BCUT2D eigenvalue weighted by Gasteiger charge is 2.28. The molecule has 6 rings (SSSR count). The fourth-order valence-electron chi connectivity index (χ4n) is 5.09. The Bertz CT molecular complexity index is 1560. The lowest BCUT2D eigenvalue weighted by molar-refractivity contribution is -0.144. The van der Waals surface area contributed by atoms with E-state index in [1.54, 1.807) is 11.6 Å². The van der Waals surface area contributed by atoms with Crippen LogP contribution in [0.1, 0.15) is 43.6 Å². The topological polar surface area (TPSA) is 91.0 Å². The van der Waals surface area contributed by atoms with E-state index in [0.717, 1.165) is 28.8 Å². The van der Waals surface area contributed by atoms with Crippen LogP contribution in [0.3, 0.4) is 0 Å². The summed E-state index contributed by atoms with van der Waals surface area (Å²) in [4.78, 5) is 32.2. The SMILES string of the molecule is CCOC(=O)CN1CCC(n2nc(Cc3cn4cc(OCC5CC5)c(Cl)cc4n3)c3ccccc3c2=O)C1. The lowest BCUT2D eigenvalue weighted by Gasteiger charge is -2.17. The highest BCUT2D eigenvalue weighted by atomic mass is 35.5. The zero-order valence-electron chi connectivity index (χ0n) is 21.3. The van der Waals surface area contributed by atoms with Gasteiger partial charge in [0.1, 0.15) is 5.65 Å². The van der Waals surface area contributed by atoms with E-state index in [-0.39, 0.29) is 24.1 Å². The van der Waals surface area contributed by atoms with Gasteiger partial charge in [-0.2, -0.15) is 5.10 Å². The zero-order valence-corrected chi connectivity index (χ0v) is 22.1. The molecule has 1 saturated heterocycles. The van der Waals surface area contributed by atoms with Gasteiger partial charge < -0.3 is 13.9 Å². The Morgan fingerprint density at radius 1 is 1.16 bits per heavy atom. The number of likely N-dealkylation sites (tertiary alicyclic amines) is 1. The summed E-state index contributed by atoms with van der Waals surface area (Å²) in [6.07, 6.45) is 7.45. The van der Waals surface area contributed by atoms with Gasteiger partial charge in [-0.25, -0.2) is 9.67 Å². The molecular formula is C28H30ClN5O4. The summed E-state index contributed by atoms with van der Waals surface area (Å²) in [6, 6.07) is 9.26. The van der Waals surface area contributed by atoms with E-state index in [9.17, 15) is 9.59 Å². The number of carbonyl (C=O) groups is 1. The van der Waals surface area contributed by atoms with Gasteiger partial charge in [-0.15, -0.1) is 0 Å². The van der Waals surface area contributed by atoms with E-state index in [4.69, 9.17) is 31.2 Å². The molecule has 0 bridgehead atoms. The number of aromatic nitrogens is 4. The molecule has 1 atom stereocenters. The van der Waals surface area contributed by atoms with Crippen molar-refractivity contribution in [2.75, 3.05) is 32.8 Å². The zero-order chi connectivity index (χ0) is 26.2. The Morgan fingerprint density at radius 2 is 1.97 bits per heavy atom. The maximum absolute atomic E-state index is 13.4. The number of hydrogen-bond donors (Lipinski definition) is 0. The molecule has 38 heavy (non-hydrogen) atoms. The first-order valence-electron chi connectivity index (χ1n) is 13.2. The first-order chi connectivity index (χ1) is 18.5. The van der Waals surface area contributed by atoms with Crippen molar-refractivity contribution >= 4 is 34.0 Å². The molecule has 2 aliphatic rings. The van der Waals surface area contributed by atoms with Crippen molar-refractivity contribution in [1.82, 2.24) is 24.1 Å². The Kier molecular flexibility index (Phi) is 6.80. The maximum Gasteiger partial charge on any atom is 0.320 e. The minimum atomic E-state index is -0.249. The summed E-state index contributed by atoms with van der Waals surface area (Å²) in [7, 11) is 0. The van der Waals surface area contributed by atoms with Crippen LogP contribution in [0.4, 0.5) is 0 Å². The number of benzene rings is 1. The first kappa shape index (κ1) is 24.9. The van der Waals surface area contributed by atoms with E-state index in [0.29, 0.717) is 54.8 Å². The van der Waals surface area contributed by atoms with Gasteiger partial charge in [0.15, 0.2) is 5.75 Å². The van der Waals surface area contributed by atoms with Gasteiger partial charge in [-0.1, -0.05) is 29.8 Å². The van der Waals surface area contributed by atoms with Gasteiger partial charge in [-0.05, 0) is 38.2 Å². The molecule has 0 N–H and O–H groups in total. The highest BCUT2D eigenvalue weighted by molar-refractivity contribution is 6.32. The molecule has 4 heterocycles. The van der Waals surface area contributed by atoms with Crippen molar-refractivity contribution in [2.45, 2.75) is 38.6 Å².